The standard InChI is InChI=1S/C11H15BrN2O5S2/c1-8(20(2)17)5-6-13-21(18,19)11-7-9(12)3-4-10(11)14(15)16/h3-4,7-8,13H,5-6H2,1-2H3. The molecule has 0 aliphatic carbocycles. The summed E-state index contributed by atoms with van der Waals surface area (Å²) in [7, 11) is -5.05. The van der Waals surface area contributed by atoms with Gasteiger partial charge in [-0.1, -0.05) is 22.9 Å². The molecule has 0 saturated carbocycles. The predicted molar refractivity (Wildman–Crippen MR) is 84.1 cm³/mol. The van der Waals surface area contributed by atoms with Crippen LogP contribution in [-0.4, -0.2) is 35.6 Å². The van der Waals surface area contributed by atoms with Crippen molar-refractivity contribution in [2.75, 3.05) is 12.8 Å². The van der Waals surface area contributed by atoms with Gasteiger partial charge in [-0.25, -0.2) is 13.1 Å². The summed E-state index contributed by atoms with van der Waals surface area (Å²) in [6.45, 7) is 1.80. The fourth-order valence-electron chi connectivity index (χ4n) is 1.49. The summed E-state index contributed by atoms with van der Waals surface area (Å²) in [6, 6.07) is 3.71. The third-order valence-corrected chi connectivity index (χ3v) is 6.17. The van der Waals surface area contributed by atoms with Gasteiger partial charge in [0.15, 0.2) is 4.90 Å². The summed E-state index contributed by atoms with van der Waals surface area (Å²) < 4.78 is 38.2. The molecule has 118 valence electrons. The van der Waals surface area contributed by atoms with Crippen LogP contribution in [0.4, 0.5) is 5.69 Å². The zero-order chi connectivity index (χ0) is 16.2. The Hall–Kier alpha value is -0.840. The van der Waals surface area contributed by atoms with Crippen molar-refractivity contribution in [3.63, 3.8) is 0 Å². The number of hydrogen-bond acceptors (Lipinski definition) is 5. The molecular weight excluding hydrogens is 384 g/mol. The lowest BCUT2D eigenvalue weighted by Gasteiger charge is -2.10. The average molecular weight is 399 g/mol. The second kappa shape index (κ2) is 7.43. The van der Waals surface area contributed by atoms with Crippen LogP contribution in [0.15, 0.2) is 27.6 Å². The highest BCUT2D eigenvalue weighted by molar-refractivity contribution is 9.10. The molecule has 1 N–H and O–H groups in total. The minimum absolute atomic E-state index is 0.0622. The van der Waals surface area contributed by atoms with Crippen LogP contribution in [0.25, 0.3) is 0 Å². The van der Waals surface area contributed by atoms with Gasteiger partial charge in [-0.3, -0.25) is 14.3 Å². The lowest BCUT2D eigenvalue weighted by Crippen LogP contribution is -2.28. The highest BCUT2D eigenvalue weighted by Crippen LogP contribution is 2.27. The first-order valence-electron chi connectivity index (χ1n) is 5.91. The smallest absolute Gasteiger partial charge is 0.260 e. The molecule has 0 amide bonds. The van der Waals surface area contributed by atoms with Crippen molar-refractivity contribution in [3.8, 4) is 0 Å². The summed E-state index contributed by atoms with van der Waals surface area (Å²) in [6.07, 6.45) is 1.92. The molecule has 1 aromatic carbocycles. The van der Waals surface area contributed by atoms with Crippen LogP contribution < -0.4 is 4.72 Å². The third kappa shape index (κ3) is 5.13. The lowest BCUT2D eigenvalue weighted by atomic mass is 10.3. The van der Waals surface area contributed by atoms with E-state index in [0.717, 1.165) is 6.07 Å². The second-order valence-corrected chi connectivity index (χ2v) is 8.82. The first-order valence-corrected chi connectivity index (χ1v) is 9.80. The van der Waals surface area contributed by atoms with E-state index in [1.807, 2.05) is 0 Å². The molecule has 0 aliphatic heterocycles. The van der Waals surface area contributed by atoms with Gasteiger partial charge in [0.25, 0.3) is 5.69 Å². The van der Waals surface area contributed by atoms with E-state index < -0.39 is 36.3 Å². The Morgan fingerprint density at radius 2 is 2.10 bits per heavy atom. The van der Waals surface area contributed by atoms with E-state index in [-0.39, 0.29) is 11.8 Å². The highest BCUT2D eigenvalue weighted by atomic mass is 79.9. The number of nitro groups is 1. The van der Waals surface area contributed by atoms with Gasteiger partial charge in [-0.05, 0) is 18.6 Å². The van der Waals surface area contributed by atoms with Gasteiger partial charge in [-0.15, -0.1) is 0 Å². The minimum Gasteiger partial charge on any atom is -0.260 e. The van der Waals surface area contributed by atoms with E-state index in [1.165, 1.54) is 18.4 Å². The summed E-state index contributed by atoms with van der Waals surface area (Å²) in [5.41, 5.74) is -0.488. The fraction of sp³-hybridized carbons (Fsp3) is 0.455. The number of hydrogen-bond donors (Lipinski definition) is 1. The van der Waals surface area contributed by atoms with Gasteiger partial charge in [0, 0.05) is 39.4 Å². The van der Waals surface area contributed by atoms with Crippen molar-refractivity contribution in [3.05, 3.63) is 32.8 Å². The summed E-state index contributed by atoms with van der Waals surface area (Å²) >= 11 is 3.09. The molecule has 1 rings (SSSR count). The maximum Gasteiger partial charge on any atom is 0.289 e. The zero-order valence-corrected chi connectivity index (χ0v) is 14.6. The fourth-order valence-corrected chi connectivity index (χ4v) is 3.70. The van der Waals surface area contributed by atoms with E-state index in [9.17, 15) is 22.7 Å². The number of rotatable bonds is 7. The summed E-state index contributed by atoms with van der Waals surface area (Å²) in [4.78, 5) is 9.77. The Morgan fingerprint density at radius 1 is 1.48 bits per heavy atom. The molecule has 0 radical (unpaired) electrons. The quantitative estimate of drug-likeness (QED) is 0.556. The number of nitro benzene ring substituents is 1. The van der Waals surface area contributed by atoms with Crippen LogP contribution in [0.5, 0.6) is 0 Å². The van der Waals surface area contributed by atoms with Gasteiger partial charge in [-0.2, -0.15) is 0 Å². The summed E-state index contributed by atoms with van der Waals surface area (Å²) in [5, 5.41) is 10.7. The first kappa shape index (κ1) is 18.2. The predicted octanol–water partition coefficient (Wildman–Crippen LogP) is 1.79. The topological polar surface area (TPSA) is 106 Å². The molecule has 0 aromatic heterocycles. The van der Waals surface area contributed by atoms with Crippen LogP contribution in [0.1, 0.15) is 13.3 Å². The van der Waals surface area contributed by atoms with E-state index in [4.69, 9.17) is 0 Å². The van der Waals surface area contributed by atoms with Crippen molar-refractivity contribution in [2.24, 2.45) is 0 Å². The number of benzene rings is 1. The van der Waals surface area contributed by atoms with E-state index in [0.29, 0.717) is 10.9 Å². The normalized spacial score (nSPS) is 14.6. The molecule has 2 unspecified atom stereocenters. The molecule has 0 bridgehead atoms. The van der Waals surface area contributed by atoms with Crippen LogP contribution in [0.2, 0.25) is 0 Å². The van der Waals surface area contributed by atoms with Crippen LogP contribution in [0, 0.1) is 10.1 Å². The molecule has 2 atom stereocenters. The molecule has 0 aliphatic rings. The van der Waals surface area contributed by atoms with Crippen LogP contribution in [-0.2, 0) is 20.8 Å². The van der Waals surface area contributed by atoms with Gasteiger partial charge in [0.1, 0.15) is 0 Å². The average Bonchev–Trinajstić information content (AvgIpc) is 2.37. The molecule has 0 fully saturated rings. The Morgan fingerprint density at radius 3 is 2.62 bits per heavy atom. The minimum atomic E-state index is -4.00. The zero-order valence-electron chi connectivity index (χ0n) is 11.4. The maximum atomic E-state index is 12.1. The SMILES string of the molecule is CC(CCNS(=O)(=O)c1cc(Br)ccc1[N+](=O)[O-])S(C)=O. The van der Waals surface area contributed by atoms with E-state index in [2.05, 4.69) is 20.7 Å². The third-order valence-electron chi connectivity index (χ3n) is 2.82. The molecule has 0 spiro atoms. The lowest BCUT2D eigenvalue weighted by molar-refractivity contribution is -0.387. The van der Waals surface area contributed by atoms with Gasteiger partial charge >= 0.3 is 0 Å². The first-order chi connectivity index (χ1) is 9.65. The highest BCUT2D eigenvalue weighted by Gasteiger charge is 2.25. The molecule has 10 heteroatoms. The Kier molecular flexibility index (Phi) is 6.44. The largest absolute Gasteiger partial charge is 0.289 e. The van der Waals surface area contributed by atoms with Crippen molar-refractivity contribution in [1.29, 1.82) is 0 Å². The van der Waals surface area contributed by atoms with Crippen LogP contribution in [0.3, 0.4) is 0 Å². The van der Waals surface area contributed by atoms with E-state index >= 15 is 0 Å². The van der Waals surface area contributed by atoms with Crippen molar-refractivity contribution < 1.29 is 17.6 Å². The number of halogens is 1. The van der Waals surface area contributed by atoms with Crippen molar-refractivity contribution >= 4 is 42.4 Å². The van der Waals surface area contributed by atoms with Gasteiger partial charge in [0.2, 0.25) is 10.0 Å². The van der Waals surface area contributed by atoms with Gasteiger partial charge < -0.3 is 0 Å². The Bertz CT molecular complexity index is 663. The monoisotopic (exact) mass is 398 g/mol. The van der Waals surface area contributed by atoms with E-state index in [1.54, 1.807) is 6.92 Å². The summed E-state index contributed by atoms with van der Waals surface area (Å²) in [5.74, 6) is 0. The maximum absolute atomic E-state index is 12.1. The second-order valence-electron chi connectivity index (χ2n) is 4.36. The van der Waals surface area contributed by atoms with Crippen molar-refractivity contribution in [2.45, 2.75) is 23.5 Å². The van der Waals surface area contributed by atoms with Crippen LogP contribution >= 0.6 is 15.9 Å². The molecule has 0 saturated heterocycles. The molecular formula is C11H15BrN2O5S2. The number of nitrogens with one attached hydrogen (secondary N) is 1. The molecule has 7 nitrogen and oxygen atoms in total. The molecule has 21 heavy (non-hydrogen) atoms. The Labute approximate surface area is 133 Å². The van der Waals surface area contributed by atoms with Crippen molar-refractivity contribution in [1.82, 2.24) is 4.72 Å². The molecule has 1 aromatic rings. The van der Waals surface area contributed by atoms with Gasteiger partial charge in [0.05, 0.1) is 4.92 Å². The Balaban J connectivity index is 2.95. The molecule has 0 heterocycles. The number of nitrogens with zero attached hydrogens (tertiary/aromatic N) is 1. The number of sulfonamides is 1.